The summed E-state index contributed by atoms with van der Waals surface area (Å²) in [4.78, 5) is 35.5. The lowest BCUT2D eigenvalue weighted by Gasteiger charge is -2.21. The standard InChI is InChI=1S/C9H14N3O5P/c1-2-8(18(15,16)17)12-7(9(13)14)3-6-4-10-5-11-6/h2,4-5,7-8,12H,1,3H2,(H,10,11)(H,13,14)(H2,15,16,17). The van der Waals surface area contributed by atoms with Crippen LogP contribution >= 0.6 is 7.60 Å². The van der Waals surface area contributed by atoms with Crippen molar-refractivity contribution in [2.45, 2.75) is 18.2 Å². The van der Waals surface area contributed by atoms with Crippen molar-refractivity contribution in [3.8, 4) is 0 Å². The molecule has 0 fully saturated rings. The zero-order chi connectivity index (χ0) is 13.8. The highest BCUT2D eigenvalue weighted by atomic mass is 31.2. The number of H-pyrrole nitrogens is 1. The van der Waals surface area contributed by atoms with Crippen LogP contribution in [0, 0.1) is 0 Å². The average molecular weight is 275 g/mol. The summed E-state index contributed by atoms with van der Waals surface area (Å²) < 4.78 is 11.1. The number of hydrogen-bond donors (Lipinski definition) is 5. The van der Waals surface area contributed by atoms with Crippen LogP contribution in [0.2, 0.25) is 0 Å². The molecule has 18 heavy (non-hydrogen) atoms. The highest BCUT2D eigenvalue weighted by molar-refractivity contribution is 7.52. The largest absolute Gasteiger partial charge is 0.480 e. The molecular formula is C9H14N3O5P. The van der Waals surface area contributed by atoms with E-state index >= 15 is 0 Å². The summed E-state index contributed by atoms with van der Waals surface area (Å²) in [6.45, 7) is 3.27. The molecule has 1 aromatic rings. The second kappa shape index (κ2) is 5.92. The number of carboxylic acids is 1. The number of hydrogen-bond acceptors (Lipinski definition) is 4. The van der Waals surface area contributed by atoms with Crippen LogP contribution < -0.4 is 5.32 Å². The van der Waals surface area contributed by atoms with E-state index in [9.17, 15) is 9.36 Å². The van der Waals surface area contributed by atoms with Crippen molar-refractivity contribution in [3.63, 3.8) is 0 Å². The zero-order valence-electron chi connectivity index (χ0n) is 9.35. The normalized spacial score (nSPS) is 15.0. The Bertz CT molecular complexity index is 455. The van der Waals surface area contributed by atoms with Gasteiger partial charge in [0, 0.05) is 18.3 Å². The number of imidazole rings is 1. The molecule has 0 aliphatic carbocycles. The number of nitrogens with zero attached hydrogens (tertiary/aromatic N) is 1. The summed E-state index contributed by atoms with van der Waals surface area (Å²) in [5.41, 5.74) is 0.545. The second-order valence-corrected chi connectivity index (χ2v) is 5.34. The lowest BCUT2D eigenvalue weighted by Crippen LogP contribution is -2.43. The first-order valence-electron chi connectivity index (χ1n) is 4.98. The monoisotopic (exact) mass is 275 g/mol. The number of aromatic nitrogens is 2. The molecule has 0 spiro atoms. The predicted octanol–water partition coefficient (Wildman–Crippen LogP) is -0.315. The molecule has 100 valence electrons. The fourth-order valence-electron chi connectivity index (χ4n) is 1.34. The van der Waals surface area contributed by atoms with Crippen LogP contribution in [0.1, 0.15) is 5.69 Å². The molecule has 8 nitrogen and oxygen atoms in total. The smallest absolute Gasteiger partial charge is 0.346 e. The molecule has 1 aromatic heterocycles. The number of aromatic amines is 1. The Morgan fingerprint density at radius 3 is 2.72 bits per heavy atom. The molecule has 0 aliphatic rings. The molecule has 1 rings (SSSR count). The molecule has 0 amide bonds. The maximum Gasteiger partial charge on any atom is 0.346 e. The molecule has 9 heteroatoms. The van der Waals surface area contributed by atoms with Gasteiger partial charge in [-0.25, -0.2) is 4.98 Å². The molecule has 0 bridgehead atoms. The van der Waals surface area contributed by atoms with Crippen molar-refractivity contribution in [1.82, 2.24) is 15.3 Å². The molecule has 0 aliphatic heterocycles. The number of nitrogens with one attached hydrogen (secondary N) is 2. The lowest BCUT2D eigenvalue weighted by molar-refractivity contribution is -0.139. The summed E-state index contributed by atoms with van der Waals surface area (Å²) in [6, 6.07) is -1.15. The molecular weight excluding hydrogens is 261 g/mol. The van der Waals surface area contributed by atoms with Gasteiger partial charge < -0.3 is 19.9 Å². The van der Waals surface area contributed by atoms with E-state index in [4.69, 9.17) is 14.9 Å². The Hall–Kier alpha value is -1.47. The molecule has 0 aromatic carbocycles. The van der Waals surface area contributed by atoms with Gasteiger partial charge in [0.1, 0.15) is 11.8 Å². The Morgan fingerprint density at radius 2 is 2.33 bits per heavy atom. The van der Waals surface area contributed by atoms with E-state index in [1.165, 1.54) is 12.5 Å². The highest BCUT2D eigenvalue weighted by Crippen LogP contribution is 2.40. The second-order valence-electron chi connectivity index (χ2n) is 3.61. The molecule has 5 N–H and O–H groups in total. The van der Waals surface area contributed by atoms with Gasteiger partial charge in [-0.15, -0.1) is 6.58 Å². The van der Waals surface area contributed by atoms with Gasteiger partial charge in [-0.1, -0.05) is 6.08 Å². The Balaban J connectivity index is 2.77. The third kappa shape index (κ3) is 4.08. The number of carboxylic acid groups (broad SMARTS) is 1. The van der Waals surface area contributed by atoms with Crippen molar-refractivity contribution in [3.05, 3.63) is 30.9 Å². The molecule has 2 atom stereocenters. The van der Waals surface area contributed by atoms with Crippen LogP contribution in [-0.2, 0) is 15.8 Å². The van der Waals surface area contributed by atoms with Gasteiger partial charge >= 0.3 is 13.6 Å². The summed E-state index contributed by atoms with van der Waals surface area (Å²) in [7, 11) is -4.48. The Morgan fingerprint density at radius 1 is 1.67 bits per heavy atom. The first kappa shape index (κ1) is 14.6. The van der Waals surface area contributed by atoms with Gasteiger partial charge in [-0.05, 0) is 0 Å². The van der Waals surface area contributed by atoms with Crippen molar-refractivity contribution >= 4 is 13.6 Å². The average Bonchev–Trinajstić information content (AvgIpc) is 2.74. The fourth-order valence-corrected chi connectivity index (χ4v) is 1.99. The highest BCUT2D eigenvalue weighted by Gasteiger charge is 2.30. The fraction of sp³-hybridized carbons (Fsp3) is 0.333. The van der Waals surface area contributed by atoms with E-state index in [1.807, 2.05) is 0 Å². The molecule has 2 unspecified atom stereocenters. The Labute approximate surface area is 103 Å². The van der Waals surface area contributed by atoms with Crippen molar-refractivity contribution in [2.75, 3.05) is 0 Å². The maximum atomic E-state index is 11.1. The number of carbonyl (C=O) groups is 1. The predicted molar refractivity (Wildman–Crippen MR) is 62.9 cm³/mol. The van der Waals surface area contributed by atoms with Gasteiger partial charge in [0.05, 0.1) is 6.33 Å². The first-order chi connectivity index (χ1) is 8.34. The van der Waals surface area contributed by atoms with E-state index in [-0.39, 0.29) is 6.42 Å². The SMILES string of the molecule is C=CC(NC(Cc1cnc[nH]1)C(=O)O)P(=O)(O)O. The van der Waals surface area contributed by atoms with Gasteiger partial charge in [-0.3, -0.25) is 14.7 Å². The lowest BCUT2D eigenvalue weighted by atomic mass is 10.1. The minimum Gasteiger partial charge on any atom is -0.480 e. The van der Waals surface area contributed by atoms with Crippen LogP contribution in [0.5, 0.6) is 0 Å². The zero-order valence-corrected chi connectivity index (χ0v) is 10.2. The van der Waals surface area contributed by atoms with Crippen molar-refractivity contribution < 1.29 is 24.3 Å². The number of aliphatic carboxylic acids is 1. The minimum atomic E-state index is -4.48. The van der Waals surface area contributed by atoms with E-state index in [0.717, 1.165) is 6.08 Å². The maximum absolute atomic E-state index is 11.1. The molecule has 0 radical (unpaired) electrons. The summed E-state index contributed by atoms with van der Waals surface area (Å²) in [5, 5.41) is 11.4. The third-order valence-electron chi connectivity index (χ3n) is 2.23. The summed E-state index contributed by atoms with van der Waals surface area (Å²) >= 11 is 0. The van der Waals surface area contributed by atoms with Gasteiger partial charge in [-0.2, -0.15) is 0 Å². The minimum absolute atomic E-state index is 0.0275. The topological polar surface area (TPSA) is 136 Å². The first-order valence-corrected chi connectivity index (χ1v) is 6.66. The van der Waals surface area contributed by atoms with E-state index in [1.54, 1.807) is 0 Å². The third-order valence-corrected chi connectivity index (χ3v) is 3.32. The van der Waals surface area contributed by atoms with E-state index < -0.39 is 25.4 Å². The summed E-state index contributed by atoms with van der Waals surface area (Å²) in [6.07, 6.45) is 3.85. The van der Waals surface area contributed by atoms with Crippen molar-refractivity contribution in [2.24, 2.45) is 0 Å². The van der Waals surface area contributed by atoms with Gasteiger partial charge in [0.2, 0.25) is 0 Å². The van der Waals surface area contributed by atoms with Crippen molar-refractivity contribution in [1.29, 1.82) is 0 Å². The van der Waals surface area contributed by atoms with Crippen LogP contribution in [-0.4, -0.2) is 42.7 Å². The van der Waals surface area contributed by atoms with Crippen LogP contribution in [0.25, 0.3) is 0 Å². The summed E-state index contributed by atoms with van der Waals surface area (Å²) in [5.74, 6) is -2.62. The van der Waals surface area contributed by atoms with Gasteiger partial charge in [0.25, 0.3) is 0 Å². The quantitative estimate of drug-likeness (QED) is 0.340. The van der Waals surface area contributed by atoms with Crippen LogP contribution in [0.4, 0.5) is 0 Å². The van der Waals surface area contributed by atoms with Crippen LogP contribution in [0.15, 0.2) is 25.2 Å². The molecule has 0 saturated carbocycles. The Kier molecular flexibility index (Phi) is 4.80. The van der Waals surface area contributed by atoms with E-state index in [0.29, 0.717) is 5.69 Å². The molecule has 0 saturated heterocycles. The van der Waals surface area contributed by atoms with Crippen LogP contribution in [0.3, 0.4) is 0 Å². The number of rotatable bonds is 7. The van der Waals surface area contributed by atoms with E-state index in [2.05, 4.69) is 21.9 Å². The van der Waals surface area contributed by atoms with Gasteiger partial charge in [0.15, 0.2) is 0 Å². The molecule has 1 heterocycles.